The largest absolute Gasteiger partial charge is 0.389 e. The number of thiophene rings is 1. The Hall–Kier alpha value is -1.32. The average molecular weight is 438 g/mol. The van der Waals surface area contributed by atoms with Crippen molar-refractivity contribution in [1.29, 1.82) is 0 Å². The number of aromatic amines is 1. The molecule has 1 aliphatic carbocycles. The molecule has 0 bridgehead atoms. The van der Waals surface area contributed by atoms with Gasteiger partial charge < -0.3 is 19.6 Å². The molecule has 3 rings (SSSR count). The lowest BCUT2D eigenvalue weighted by Gasteiger charge is -2.24. The minimum Gasteiger partial charge on any atom is -0.389 e. The lowest BCUT2D eigenvalue weighted by molar-refractivity contribution is 0.00296. The van der Waals surface area contributed by atoms with E-state index in [1.165, 1.54) is 10.4 Å². The molecule has 7 nitrogen and oxygen atoms in total. The van der Waals surface area contributed by atoms with Crippen molar-refractivity contribution in [3.8, 4) is 0 Å². The smallest absolute Gasteiger partial charge is 0.259 e. The van der Waals surface area contributed by atoms with E-state index in [9.17, 15) is 9.90 Å². The number of methoxy groups -OCH3 is 1. The van der Waals surface area contributed by atoms with Crippen LogP contribution in [0.2, 0.25) is 0 Å². The van der Waals surface area contributed by atoms with Crippen LogP contribution in [0.15, 0.2) is 4.79 Å². The minimum absolute atomic E-state index is 0.0467. The van der Waals surface area contributed by atoms with E-state index in [0.29, 0.717) is 57.1 Å². The quantitative estimate of drug-likeness (QED) is 0.562. The van der Waals surface area contributed by atoms with E-state index in [-0.39, 0.29) is 5.56 Å². The van der Waals surface area contributed by atoms with Crippen molar-refractivity contribution >= 4 is 21.6 Å². The van der Waals surface area contributed by atoms with Gasteiger partial charge in [0.1, 0.15) is 10.7 Å². The molecule has 30 heavy (non-hydrogen) atoms. The van der Waals surface area contributed by atoms with Crippen LogP contribution in [0.3, 0.4) is 0 Å². The van der Waals surface area contributed by atoms with Gasteiger partial charge >= 0.3 is 0 Å². The highest BCUT2D eigenvalue weighted by molar-refractivity contribution is 7.18. The van der Waals surface area contributed by atoms with Gasteiger partial charge in [0.2, 0.25) is 0 Å². The summed E-state index contributed by atoms with van der Waals surface area (Å²) in [5.41, 5.74) is 1.15. The number of fused-ring (bicyclic) bond motifs is 3. The lowest BCUT2D eigenvalue weighted by Crippen LogP contribution is -2.37. The highest BCUT2D eigenvalue weighted by Gasteiger charge is 2.23. The molecule has 2 N–H and O–H groups in total. The van der Waals surface area contributed by atoms with Crippen molar-refractivity contribution in [3.63, 3.8) is 0 Å². The summed E-state index contributed by atoms with van der Waals surface area (Å²) in [6, 6.07) is 0. The fraction of sp³-hybridized carbons (Fsp3) is 0.727. The topological polar surface area (TPSA) is 87.7 Å². The van der Waals surface area contributed by atoms with Crippen molar-refractivity contribution in [2.45, 2.75) is 52.7 Å². The van der Waals surface area contributed by atoms with Gasteiger partial charge in [0.25, 0.3) is 5.56 Å². The zero-order chi connectivity index (χ0) is 21.7. The van der Waals surface area contributed by atoms with Crippen LogP contribution >= 0.6 is 11.3 Å². The second kappa shape index (κ2) is 10.8. The van der Waals surface area contributed by atoms with Crippen LogP contribution in [0.25, 0.3) is 10.2 Å². The highest BCUT2D eigenvalue weighted by Crippen LogP contribution is 2.35. The number of hydrogen-bond acceptors (Lipinski definition) is 7. The molecule has 2 aromatic heterocycles. The summed E-state index contributed by atoms with van der Waals surface area (Å²) >= 11 is 1.66. The Kier molecular flexibility index (Phi) is 8.42. The van der Waals surface area contributed by atoms with Crippen LogP contribution in [-0.2, 0) is 28.9 Å². The molecule has 168 valence electrons. The molecule has 0 fully saturated rings. The van der Waals surface area contributed by atoms with Crippen molar-refractivity contribution in [2.75, 3.05) is 40.0 Å². The molecule has 0 spiro atoms. The number of ether oxygens (including phenoxy) is 2. The van der Waals surface area contributed by atoms with E-state index < -0.39 is 6.10 Å². The van der Waals surface area contributed by atoms with Crippen LogP contribution in [0.4, 0.5) is 0 Å². The first-order valence-corrected chi connectivity index (χ1v) is 11.7. The maximum Gasteiger partial charge on any atom is 0.259 e. The SMILES string of the molecule is COCCN(Cc1nc2sc3c(c2c(=O)[nH]1)CC[C@@H](C)C3)C[C@H](O)COCC(C)C. The van der Waals surface area contributed by atoms with Gasteiger partial charge in [-0.25, -0.2) is 4.98 Å². The predicted octanol–water partition coefficient (Wildman–Crippen LogP) is 2.59. The van der Waals surface area contributed by atoms with Gasteiger partial charge in [-0.15, -0.1) is 11.3 Å². The molecule has 0 saturated carbocycles. The zero-order valence-corrected chi connectivity index (χ0v) is 19.4. The van der Waals surface area contributed by atoms with E-state index in [1.807, 2.05) is 4.90 Å². The molecule has 1 aliphatic rings. The summed E-state index contributed by atoms with van der Waals surface area (Å²) in [7, 11) is 1.66. The summed E-state index contributed by atoms with van der Waals surface area (Å²) in [4.78, 5) is 24.8. The van der Waals surface area contributed by atoms with Crippen molar-refractivity contribution in [3.05, 3.63) is 26.6 Å². The van der Waals surface area contributed by atoms with Gasteiger partial charge in [0.05, 0.1) is 31.2 Å². The Balaban J connectivity index is 1.72. The number of aliphatic hydroxyl groups is 1. The maximum atomic E-state index is 12.8. The molecule has 0 aromatic carbocycles. The molecule has 2 atom stereocenters. The monoisotopic (exact) mass is 437 g/mol. The van der Waals surface area contributed by atoms with Crippen LogP contribution in [-0.4, -0.2) is 66.1 Å². The zero-order valence-electron chi connectivity index (χ0n) is 18.6. The lowest BCUT2D eigenvalue weighted by atomic mass is 9.89. The first-order chi connectivity index (χ1) is 14.4. The fourth-order valence-corrected chi connectivity index (χ4v) is 5.33. The van der Waals surface area contributed by atoms with Crippen LogP contribution in [0, 0.1) is 11.8 Å². The highest BCUT2D eigenvalue weighted by atomic mass is 32.1. The predicted molar refractivity (Wildman–Crippen MR) is 120 cm³/mol. The van der Waals surface area contributed by atoms with E-state index >= 15 is 0 Å². The number of H-pyrrole nitrogens is 1. The summed E-state index contributed by atoms with van der Waals surface area (Å²) in [5.74, 6) is 1.72. The Morgan fingerprint density at radius 1 is 1.37 bits per heavy atom. The van der Waals surface area contributed by atoms with Gasteiger partial charge in [-0.2, -0.15) is 0 Å². The average Bonchev–Trinajstić information content (AvgIpc) is 3.03. The maximum absolute atomic E-state index is 12.8. The standard InChI is InChI=1S/C22H35N3O4S/c1-14(2)12-29-13-16(26)10-25(7-8-28-4)11-19-23-21(27)20-17-6-5-15(3)9-18(17)30-22(20)24-19/h14-16,26H,5-13H2,1-4H3,(H,23,24,27)/t15-,16+/m1/s1. The number of rotatable bonds is 11. The van der Waals surface area contributed by atoms with Gasteiger partial charge in [0.15, 0.2) is 0 Å². The van der Waals surface area contributed by atoms with E-state index in [1.54, 1.807) is 18.4 Å². The Labute approximate surface area is 182 Å². The fourth-order valence-electron chi connectivity index (χ4n) is 3.93. The number of aryl methyl sites for hydroxylation is 1. The van der Waals surface area contributed by atoms with Crippen molar-refractivity contribution < 1.29 is 14.6 Å². The summed E-state index contributed by atoms with van der Waals surface area (Å²) in [5, 5.41) is 11.1. The summed E-state index contributed by atoms with van der Waals surface area (Å²) in [6.07, 6.45) is 2.52. The molecular formula is C22H35N3O4S. The third-order valence-corrected chi connectivity index (χ3v) is 6.58. The number of nitrogens with one attached hydrogen (secondary N) is 1. The van der Waals surface area contributed by atoms with Crippen molar-refractivity contribution in [2.24, 2.45) is 11.8 Å². The molecule has 0 amide bonds. The molecule has 8 heteroatoms. The van der Waals surface area contributed by atoms with Crippen molar-refractivity contribution in [1.82, 2.24) is 14.9 Å². The summed E-state index contributed by atoms with van der Waals surface area (Å²) < 4.78 is 10.8. The van der Waals surface area contributed by atoms with E-state index in [2.05, 4.69) is 25.8 Å². The Bertz CT molecular complexity index is 879. The summed E-state index contributed by atoms with van der Waals surface area (Å²) in [6.45, 7) is 9.41. The molecule has 2 aromatic rings. The molecule has 0 aliphatic heterocycles. The van der Waals surface area contributed by atoms with Gasteiger partial charge in [-0.05, 0) is 36.7 Å². The number of hydrogen-bond donors (Lipinski definition) is 2. The van der Waals surface area contributed by atoms with Gasteiger partial charge in [0, 0.05) is 31.7 Å². The second-order valence-electron chi connectivity index (χ2n) is 8.86. The van der Waals surface area contributed by atoms with Gasteiger partial charge in [-0.1, -0.05) is 20.8 Å². The number of aliphatic hydroxyl groups excluding tert-OH is 1. The first kappa shape index (κ1) is 23.3. The Morgan fingerprint density at radius 3 is 2.90 bits per heavy atom. The third-order valence-electron chi connectivity index (χ3n) is 5.43. The van der Waals surface area contributed by atoms with E-state index in [4.69, 9.17) is 14.5 Å². The third kappa shape index (κ3) is 6.11. The number of aromatic nitrogens is 2. The molecular weight excluding hydrogens is 402 g/mol. The minimum atomic E-state index is -0.605. The molecule has 2 heterocycles. The first-order valence-electron chi connectivity index (χ1n) is 10.9. The van der Waals surface area contributed by atoms with Crippen LogP contribution < -0.4 is 5.56 Å². The molecule has 0 radical (unpaired) electrons. The van der Waals surface area contributed by atoms with Crippen LogP contribution in [0.5, 0.6) is 0 Å². The Morgan fingerprint density at radius 2 is 2.17 bits per heavy atom. The molecule has 0 unspecified atom stereocenters. The van der Waals surface area contributed by atoms with E-state index in [0.717, 1.165) is 29.5 Å². The van der Waals surface area contributed by atoms with Gasteiger partial charge in [-0.3, -0.25) is 9.69 Å². The number of nitrogens with zero attached hydrogens (tertiary/aromatic N) is 2. The normalized spacial score (nSPS) is 17.8. The molecule has 0 saturated heterocycles. The second-order valence-corrected chi connectivity index (χ2v) is 9.94. The van der Waals surface area contributed by atoms with Crippen LogP contribution in [0.1, 0.15) is 43.5 Å².